The van der Waals surface area contributed by atoms with E-state index in [1.807, 2.05) is 30.5 Å². The van der Waals surface area contributed by atoms with Crippen molar-refractivity contribution in [2.45, 2.75) is 38.8 Å². The Morgan fingerprint density at radius 3 is 2.12 bits per heavy atom. The summed E-state index contributed by atoms with van der Waals surface area (Å²) in [4.78, 5) is 36.7. The first-order valence-electron chi connectivity index (χ1n) is 12.6. The smallest absolute Gasteiger partial charge is 0.497 e. The van der Waals surface area contributed by atoms with Gasteiger partial charge in [-0.25, -0.2) is 9.59 Å². The molecule has 2 amide bonds. The van der Waals surface area contributed by atoms with E-state index in [2.05, 4.69) is 10.6 Å². The summed E-state index contributed by atoms with van der Waals surface area (Å²) in [5.74, 6) is 1.96. The van der Waals surface area contributed by atoms with E-state index in [0.717, 1.165) is 11.1 Å². The Hall–Kier alpha value is -3.86. The first-order chi connectivity index (χ1) is 19.0. The van der Waals surface area contributed by atoms with E-state index in [0.29, 0.717) is 29.4 Å². The standard InChI is InChI=1S/C29H38N2O8S/c1-29(2,3)39-27(33)31-25(13-16-40-6)26(32)30-14-15-37-28(34)38-22-11-9-20(10-12-22)7-8-21-17-23(35-4)19-24(18-21)36-5/h7-12,17-19,25H,13-16H2,1-6H3,(H,30,32)(H,31,33)/b8-7+. The van der Waals surface area contributed by atoms with Gasteiger partial charge in [-0.1, -0.05) is 24.3 Å². The molecule has 0 aliphatic rings. The van der Waals surface area contributed by atoms with E-state index in [1.54, 1.807) is 77.1 Å². The summed E-state index contributed by atoms with van der Waals surface area (Å²) in [5, 5.41) is 5.24. The highest BCUT2D eigenvalue weighted by Crippen LogP contribution is 2.24. The van der Waals surface area contributed by atoms with Crippen LogP contribution in [0.5, 0.6) is 17.2 Å². The third-order valence-corrected chi connectivity index (χ3v) is 5.81. The predicted molar refractivity (Wildman–Crippen MR) is 156 cm³/mol. The van der Waals surface area contributed by atoms with Gasteiger partial charge >= 0.3 is 12.2 Å². The van der Waals surface area contributed by atoms with E-state index in [9.17, 15) is 14.4 Å². The van der Waals surface area contributed by atoms with Crippen molar-refractivity contribution < 1.29 is 38.1 Å². The van der Waals surface area contributed by atoms with Crippen molar-refractivity contribution in [2.75, 3.05) is 39.4 Å². The number of carbonyl (C=O) groups is 3. The number of methoxy groups -OCH3 is 2. The first-order valence-corrected chi connectivity index (χ1v) is 14.0. The van der Waals surface area contributed by atoms with Crippen molar-refractivity contribution in [3.05, 3.63) is 53.6 Å². The SMILES string of the molecule is COc1cc(/C=C/c2ccc(OC(=O)OCCNC(=O)C(CCSC)NC(=O)OC(C)(C)C)cc2)cc(OC)c1. The predicted octanol–water partition coefficient (Wildman–Crippen LogP) is 5.15. The summed E-state index contributed by atoms with van der Waals surface area (Å²) in [6.45, 7) is 5.18. The maximum Gasteiger partial charge on any atom is 0.513 e. The number of alkyl carbamates (subject to hydrolysis) is 1. The number of hydrogen-bond donors (Lipinski definition) is 2. The minimum Gasteiger partial charge on any atom is -0.497 e. The van der Waals surface area contributed by atoms with Gasteiger partial charge in [0.2, 0.25) is 5.91 Å². The molecule has 0 aliphatic heterocycles. The van der Waals surface area contributed by atoms with E-state index in [4.69, 9.17) is 23.7 Å². The second-order valence-electron chi connectivity index (χ2n) is 9.52. The van der Waals surface area contributed by atoms with Crippen LogP contribution in [-0.4, -0.2) is 69.2 Å². The molecule has 0 radical (unpaired) electrons. The van der Waals surface area contributed by atoms with Crippen molar-refractivity contribution in [1.29, 1.82) is 0 Å². The van der Waals surface area contributed by atoms with Gasteiger partial charge < -0.3 is 34.3 Å². The number of rotatable bonds is 13. The average Bonchev–Trinajstić information content (AvgIpc) is 2.91. The summed E-state index contributed by atoms with van der Waals surface area (Å²) in [6.07, 6.45) is 4.59. The average molecular weight is 575 g/mol. The molecule has 0 heterocycles. The monoisotopic (exact) mass is 574 g/mol. The van der Waals surface area contributed by atoms with Crippen LogP contribution in [0, 0.1) is 0 Å². The largest absolute Gasteiger partial charge is 0.513 e. The number of carbonyl (C=O) groups excluding carboxylic acids is 3. The second-order valence-corrected chi connectivity index (χ2v) is 10.5. The van der Waals surface area contributed by atoms with Gasteiger partial charge in [0.15, 0.2) is 0 Å². The van der Waals surface area contributed by atoms with E-state index in [1.165, 1.54) is 0 Å². The van der Waals surface area contributed by atoms with Crippen LogP contribution >= 0.6 is 11.8 Å². The molecule has 10 nitrogen and oxygen atoms in total. The fourth-order valence-corrected chi connectivity index (χ4v) is 3.75. The number of amides is 2. The number of thioether (sulfide) groups is 1. The molecule has 218 valence electrons. The van der Waals surface area contributed by atoms with E-state index in [-0.39, 0.29) is 13.2 Å². The van der Waals surface area contributed by atoms with Crippen LogP contribution < -0.4 is 24.8 Å². The summed E-state index contributed by atoms with van der Waals surface area (Å²) in [6, 6.07) is 11.7. The Balaban J connectivity index is 1.80. The zero-order valence-electron chi connectivity index (χ0n) is 23.8. The number of benzene rings is 2. The maximum atomic E-state index is 12.5. The minimum absolute atomic E-state index is 0.0541. The molecule has 0 aromatic heterocycles. The third-order valence-electron chi connectivity index (χ3n) is 5.16. The molecule has 0 fully saturated rings. The lowest BCUT2D eigenvalue weighted by molar-refractivity contribution is -0.123. The van der Waals surface area contributed by atoms with Crippen molar-refractivity contribution in [3.8, 4) is 17.2 Å². The molecule has 2 aromatic rings. The number of ether oxygens (including phenoxy) is 5. The summed E-state index contributed by atoms with van der Waals surface area (Å²) in [5.41, 5.74) is 1.12. The Bertz CT molecular complexity index is 1120. The molecule has 0 aliphatic carbocycles. The molecular weight excluding hydrogens is 536 g/mol. The van der Waals surface area contributed by atoms with Gasteiger partial charge in [-0.3, -0.25) is 4.79 Å². The summed E-state index contributed by atoms with van der Waals surface area (Å²) < 4.78 is 26.1. The lowest BCUT2D eigenvalue weighted by atomic mass is 10.1. The molecule has 2 rings (SSSR count). The van der Waals surface area contributed by atoms with Gasteiger partial charge in [0.05, 0.1) is 20.8 Å². The second kappa shape index (κ2) is 16.3. The molecule has 0 bridgehead atoms. The fraction of sp³-hybridized carbons (Fsp3) is 0.414. The van der Waals surface area contributed by atoms with E-state index >= 15 is 0 Å². The van der Waals surface area contributed by atoms with Gasteiger partial charge in [0.25, 0.3) is 0 Å². The topological polar surface area (TPSA) is 121 Å². The van der Waals surface area contributed by atoms with Crippen LogP contribution in [0.2, 0.25) is 0 Å². The van der Waals surface area contributed by atoms with Crippen LogP contribution in [0.25, 0.3) is 12.2 Å². The summed E-state index contributed by atoms with van der Waals surface area (Å²) in [7, 11) is 3.19. The normalized spacial score (nSPS) is 11.8. The Kier molecular flexibility index (Phi) is 13.2. The Morgan fingerprint density at radius 1 is 0.925 bits per heavy atom. The molecule has 1 atom stereocenters. The number of hydrogen-bond acceptors (Lipinski definition) is 9. The quantitative estimate of drug-likeness (QED) is 0.145. The number of nitrogens with one attached hydrogen (secondary N) is 2. The molecule has 2 N–H and O–H groups in total. The highest BCUT2D eigenvalue weighted by molar-refractivity contribution is 7.98. The third kappa shape index (κ3) is 12.3. The lowest BCUT2D eigenvalue weighted by Gasteiger charge is -2.23. The zero-order valence-corrected chi connectivity index (χ0v) is 24.6. The highest BCUT2D eigenvalue weighted by atomic mass is 32.2. The first kappa shape index (κ1) is 32.4. The minimum atomic E-state index is -0.896. The maximum absolute atomic E-state index is 12.5. The van der Waals surface area contributed by atoms with Gasteiger partial charge in [-0.2, -0.15) is 11.8 Å². The van der Waals surface area contributed by atoms with Gasteiger partial charge in [0.1, 0.15) is 35.5 Å². The van der Waals surface area contributed by atoms with Gasteiger partial charge in [-0.05, 0) is 74.6 Å². The van der Waals surface area contributed by atoms with Crippen LogP contribution in [0.15, 0.2) is 42.5 Å². The van der Waals surface area contributed by atoms with Crippen molar-refractivity contribution in [3.63, 3.8) is 0 Å². The zero-order chi connectivity index (χ0) is 29.5. The molecule has 40 heavy (non-hydrogen) atoms. The molecule has 0 saturated heterocycles. The van der Waals surface area contributed by atoms with Crippen molar-refractivity contribution >= 4 is 42.1 Å². The molecular formula is C29H38N2O8S. The van der Waals surface area contributed by atoms with Gasteiger partial charge in [0, 0.05) is 6.07 Å². The van der Waals surface area contributed by atoms with Gasteiger partial charge in [-0.15, -0.1) is 0 Å². The highest BCUT2D eigenvalue weighted by Gasteiger charge is 2.24. The molecule has 0 spiro atoms. The van der Waals surface area contributed by atoms with Crippen LogP contribution in [0.3, 0.4) is 0 Å². The molecule has 0 saturated carbocycles. The Morgan fingerprint density at radius 2 is 1.55 bits per heavy atom. The molecule has 11 heteroatoms. The lowest BCUT2D eigenvalue weighted by Crippen LogP contribution is -2.49. The van der Waals surface area contributed by atoms with Crippen LogP contribution in [-0.2, 0) is 14.3 Å². The summed E-state index contributed by atoms with van der Waals surface area (Å²) >= 11 is 1.55. The molecule has 1 unspecified atom stereocenters. The van der Waals surface area contributed by atoms with Crippen molar-refractivity contribution in [1.82, 2.24) is 10.6 Å². The van der Waals surface area contributed by atoms with Crippen LogP contribution in [0.4, 0.5) is 9.59 Å². The van der Waals surface area contributed by atoms with Crippen LogP contribution in [0.1, 0.15) is 38.3 Å². The van der Waals surface area contributed by atoms with E-state index < -0.39 is 29.8 Å². The fourth-order valence-electron chi connectivity index (χ4n) is 3.28. The Labute approximate surface area is 239 Å². The molecule has 2 aromatic carbocycles. The van der Waals surface area contributed by atoms with Crippen molar-refractivity contribution in [2.24, 2.45) is 0 Å².